The van der Waals surface area contributed by atoms with E-state index >= 15 is 0 Å². The Kier molecular flexibility index (Phi) is 6.85. The normalized spacial score (nSPS) is 12.8. The van der Waals surface area contributed by atoms with Gasteiger partial charge in [-0.2, -0.15) is 5.26 Å². The molecule has 0 spiro atoms. The molecule has 122 valence electrons. The second kappa shape index (κ2) is 8.16. The summed E-state index contributed by atoms with van der Waals surface area (Å²) in [6.07, 6.45) is -0.400. The molecule has 1 heterocycles. The van der Waals surface area contributed by atoms with Crippen molar-refractivity contribution in [3.8, 4) is 6.07 Å². The molecule has 0 bridgehead atoms. The van der Waals surface area contributed by atoms with Crippen molar-refractivity contribution < 1.29 is 9.53 Å². The molecule has 1 atom stereocenters. The largest absolute Gasteiger partial charge is 0.444 e. The van der Waals surface area contributed by atoms with Gasteiger partial charge in [0.1, 0.15) is 11.7 Å². The lowest BCUT2D eigenvalue weighted by atomic mass is 10.0. The molecular weight excluding hydrogens is 298 g/mol. The molecule has 0 aromatic carbocycles. The minimum absolute atomic E-state index is 0.139. The number of nitriles is 1. The standard InChI is InChI=1S/C16H25N3O2S/c1-11(2)14(9-19-15(20)21-16(3,4)5)18-8-13-6-12(7-17)10-22-13/h6,10-11,14,18H,8-9H2,1-5H3,(H,19,20). The summed E-state index contributed by atoms with van der Waals surface area (Å²) in [5.74, 6) is 0.366. The van der Waals surface area contributed by atoms with Crippen molar-refractivity contribution in [2.75, 3.05) is 6.54 Å². The van der Waals surface area contributed by atoms with Gasteiger partial charge in [-0.1, -0.05) is 13.8 Å². The topological polar surface area (TPSA) is 74.2 Å². The van der Waals surface area contributed by atoms with Crippen LogP contribution >= 0.6 is 11.3 Å². The maximum Gasteiger partial charge on any atom is 0.407 e. The van der Waals surface area contributed by atoms with E-state index in [1.807, 2.05) is 32.2 Å². The zero-order valence-corrected chi connectivity index (χ0v) is 14.7. The molecule has 0 aliphatic carbocycles. The Morgan fingerprint density at radius 2 is 2.14 bits per heavy atom. The SMILES string of the molecule is CC(C)C(CNC(=O)OC(C)(C)C)NCc1cc(C#N)cs1. The monoisotopic (exact) mass is 323 g/mol. The lowest BCUT2D eigenvalue weighted by Crippen LogP contribution is -2.45. The second-order valence-electron chi connectivity index (χ2n) is 6.53. The summed E-state index contributed by atoms with van der Waals surface area (Å²) in [6.45, 7) is 10.9. The summed E-state index contributed by atoms with van der Waals surface area (Å²) in [4.78, 5) is 12.8. The van der Waals surface area contributed by atoms with Gasteiger partial charge >= 0.3 is 6.09 Å². The van der Waals surface area contributed by atoms with Crippen molar-refractivity contribution >= 4 is 17.4 Å². The lowest BCUT2D eigenvalue weighted by molar-refractivity contribution is 0.0519. The van der Waals surface area contributed by atoms with E-state index in [-0.39, 0.29) is 6.04 Å². The minimum Gasteiger partial charge on any atom is -0.444 e. The number of carbonyl (C=O) groups excluding carboxylic acids is 1. The number of ether oxygens (including phenoxy) is 1. The molecule has 0 saturated carbocycles. The van der Waals surface area contributed by atoms with E-state index in [9.17, 15) is 4.79 Å². The van der Waals surface area contributed by atoms with E-state index in [4.69, 9.17) is 10.00 Å². The molecular formula is C16H25N3O2S. The van der Waals surface area contributed by atoms with E-state index in [1.165, 1.54) is 0 Å². The van der Waals surface area contributed by atoms with Gasteiger partial charge in [-0.15, -0.1) is 11.3 Å². The van der Waals surface area contributed by atoms with Crippen molar-refractivity contribution in [3.63, 3.8) is 0 Å². The first-order valence-electron chi connectivity index (χ1n) is 7.39. The Hall–Kier alpha value is -1.58. The maximum atomic E-state index is 11.7. The van der Waals surface area contributed by atoms with Crippen molar-refractivity contribution in [2.45, 2.75) is 52.8 Å². The van der Waals surface area contributed by atoms with E-state index < -0.39 is 11.7 Å². The zero-order chi connectivity index (χ0) is 16.8. The number of thiophene rings is 1. The van der Waals surface area contributed by atoms with Crippen LogP contribution in [0, 0.1) is 17.2 Å². The first-order chi connectivity index (χ1) is 10.2. The van der Waals surface area contributed by atoms with Crippen molar-refractivity contribution in [1.82, 2.24) is 10.6 Å². The van der Waals surface area contributed by atoms with Crippen LogP contribution in [0.2, 0.25) is 0 Å². The Balaban J connectivity index is 2.45. The van der Waals surface area contributed by atoms with Crippen LogP contribution in [0.5, 0.6) is 0 Å². The molecule has 1 rings (SSSR count). The van der Waals surface area contributed by atoms with Crippen molar-refractivity contribution in [1.29, 1.82) is 5.26 Å². The Morgan fingerprint density at radius 3 is 2.64 bits per heavy atom. The first-order valence-corrected chi connectivity index (χ1v) is 8.27. The first kappa shape index (κ1) is 18.5. The van der Waals surface area contributed by atoms with Gasteiger partial charge in [-0.05, 0) is 32.8 Å². The Bertz CT molecular complexity index is 526. The van der Waals surface area contributed by atoms with E-state index in [2.05, 4.69) is 30.6 Å². The third-order valence-corrected chi connectivity index (χ3v) is 3.93. The third-order valence-electron chi connectivity index (χ3n) is 2.99. The second-order valence-corrected chi connectivity index (χ2v) is 7.52. The fraction of sp³-hybridized carbons (Fsp3) is 0.625. The molecule has 6 heteroatoms. The predicted octanol–water partition coefficient (Wildman–Crippen LogP) is 3.26. The molecule has 0 aliphatic heterocycles. The third kappa shape index (κ3) is 6.92. The summed E-state index contributed by atoms with van der Waals surface area (Å²) in [7, 11) is 0. The smallest absolute Gasteiger partial charge is 0.407 e. The van der Waals surface area contributed by atoms with Gasteiger partial charge < -0.3 is 15.4 Å². The van der Waals surface area contributed by atoms with Gasteiger partial charge in [0.15, 0.2) is 0 Å². The zero-order valence-electron chi connectivity index (χ0n) is 13.9. The average molecular weight is 323 g/mol. The molecule has 2 N–H and O–H groups in total. The van der Waals surface area contributed by atoms with Crippen LogP contribution in [0.4, 0.5) is 4.79 Å². The fourth-order valence-electron chi connectivity index (χ4n) is 1.81. The average Bonchev–Trinajstić information content (AvgIpc) is 2.84. The molecule has 1 unspecified atom stereocenters. The van der Waals surface area contributed by atoms with Crippen LogP contribution in [0.25, 0.3) is 0 Å². The van der Waals surface area contributed by atoms with Crippen molar-refractivity contribution in [2.24, 2.45) is 5.92 Å². The highest BCUT2D eigenvalue weighted by molar-refractivity contribution is 7.10. The molecule has 0 radical (unpaired) electrons. The van der Waals surface area contributed by atoms with Crippen LogP contribution < -0.4 is 10.6 Å². The Labute approximate surface area is 136 Å². The van der Waals surface area contributed by atoms with Gasteiger partial charge in [0.25, 0.3) is 0 Å². The van der Waals surface area contributed by atoms with Crippen molar-refractivity contribution in [3.05, 3.63) is 21.9 Å². The number of carbonyl (C=O) groups is 1. The highest BCUT2D eigenvalue weighted by atomic mass is 32.1. The molecule has 22 heavy (non-hydrogen) atoms. The quantitative estimate of drug-likeness (QED) is 0.842. The van der Waals surface area contributed by atoms with Crippen LogP contribution in [-0.4, -0.2) is 24.3 Å². The predicted molar refractivity (Wildman–Crippen MR) is 88.7 cm³/mol. The molecule has 0 saturated heterocycles. The minimum atomic E-state index is -0.491. The summed E-state index contributed by atoms with van der Waals surface area (Å²) in [5.41, 5.74) is 0.199. The highest BCUT2D eigenvalue weighted by Gasteiger charge is 2.19. The Morgan fingerprint density at radius 1 is 1.45 bits per heavy atom. The number of nitrogens with zero attached hydrogens (tertiary/aromatic N) is 1. The molecule has 1 aromatic rings. The fourth-order valence-corrected chi connectivity index (χ4v) is 2.58. The molecule has 1 aromatic heterocycles. The summed E-state index contributed by atoms with van der Waals surface area (Å²) < 4.78 is 5.24. The molecule has 0 aliphatic rings. The van der Waals surface area contributed by atoms with Gasteiger partial charge in [0.05, 0.1) is 5.56 Å². The number of amides is 1. The maximum absolute atomic E-state index is 11.7. The number of hydrogen-bond donors (Lipinski definition) is 2. The molecule has 1 amide bonds. The number of hydrogen-bond acceptors (Lipinski definition) is 5. The van der Waals surface area contributed by atoms with Crippen LogP contribution in [0.3, 0.4) is 0 Å². The number of alkyl carbamates (subject to hydrolysis) is 1. The van der Waals surface area contributed by atoms with Crippen LogP contribution in [-0.2, 0) is 11.3 Å². The van der Waals surface area contributed by atoms with Gasteiger partial charge in [-0.25, -0.2) is 4.79 Å². The summed E-state index contributed by atoms with van der Waals surface area (Å²) in [5, 5.41) is 16.9. The van der Waals surface area contributed by atoms with Gasteiger partial charge in [0.2, 0.25) is 0 Å². The van der Waals surface area contributed by atoms with E-state index in [1.54, 1.807) is 11.3 Å². The lowest BCUT2D eigenvalue weighted by Gasteiger charge is -2.24. The number of rotatable bonds is 6. The molecule has 5 nitrogen and oxygen atoms in total. The van der Waals surface area contributed by atoms with E-state index in [0.717, 1.165) is 4.88 Å². The van der Waals surface area contributed by atoms with Gasteiger partial charge in [-0.3, -0.25) is 0 Å². The van der Waals surface area contributed by atoms with E-state index in [0.29, 0.717) is 24.6 Å². The molecule has 0 fully saturated rings. The summed E-state index contributed by atoms with van der Waals surface area (Å²) >= 11 is 1.56. The van der Waals surface area contributed by atoms with Crippen LogP contribution in [0.1, 0.15) is 45.1 Å². The highest BCUT2D eigenvalue weighted by Crippen LogP contribution is 2.14. The summed E-state index contributed by atoms with van der Waals surface area (Å²) in [6, 6.07) is 4.15. The van der Waals surface area contributed by atoms with Crippen LogP contribution in [0.15, 0.2) is 11.4 Å². The van der Waals surface area contributed by atoms with Gasteiger partial charge in [0, 0.05) is 29.4 Å². The number of nitrogens with one attached hydrogen (secondary N) is 2.